The van der Waals surface area contributed by atoms with E-state index >= 15 is 0 Å². The van der Waals surface area contributed by atoms with Crippen LogP contribution in [0, 0.1) is 5.41 Å². The summed E-state index contributed by atoms with van der Waals surface area (Å²) in [6.45, 7) is 2.19. The van der Waals surface area contributed by atoms with Gasteiger partial charge in [0, 0.05) is 23.4 Å². The summed E-state index contributed by atoms with van der Waals surface area (Å²) in [7, 11) is 0. The molecule has 0 spiro atoms. The molecule has 1 aromatic heterocycles. The molecule has 1 aliphatic carbocycles. The number of pyridine rings is 1. The van der Waals surface area contributed by atoms with E-state index < -0.39 is 0 Å². The van der Waals surface area contributed by atoms with Crippen LogP contribution in [-0.2, 0) is 10.5 Å². The van der Waals surface area contributed by atoms with Gasteiger partial charge in [0.1, 0.15) is 0 Å². The number of thioether (sulfide) groups is 1. The first-order chi connectivity index (χ1) is 9.64. The molecule has 2 atom stereocenters. The monoisotopic (exact) mass is 294 g/mol. The summed E-state index contributed by atoms with van der Waals surface area (Å²) in [6.07, 6.45) is 4.79. The van der Waals surface area contributed by atoms with Crippen LogP contribution in [-0.4, -0.2) is 34.4 Å². The Labute approximate surface area is 124 Å². The van der Waals surface area contributed by atoms with E-state index in [0.717, 1.165) is 30.7 Å². The molecular weight excluding hydrogens is 272 g/mol. The molecule has 0 radical (unpaired) electrons. The van der Waals surface area contributed by atoms with Gasteiger partial charge >= 0.3 is 0 Å². The van der Waals surface area contributed by atoms with Gasteiger partial charge in [0.2, 0.25) is 5.91 Å². The van der Waals surface area contributed by atoms with E-state index in [1.807, 2.05) is 25.1 Å². The van der Waals surface area contributed by atoms with E-state index in [0.29, 0.717) is 5.75 Å². The SMILES string of the molecule is CC1(CO)CCCC1NC(=O)CSCc1ccccn1. The lowest BCUT2D eigenvalue weighted by Crippen LogP contribution is -2.45. The zero-order valence-electron chi connectivity index (χ0n) is 11.8. The molecular formula is C15H22N2O2S. The molecule has 1 aromatic rings. The molecule has 2 unspecified atom stereocenters. The van der Waals surface area contributed by atoms with Crippen LogP contribution in [0.3, 0.4) is 0 Å². The fourth-order valence-corrected chi connectivity index (χ4v) is 3.39. The van der Waals surface area contributed by atoms with Gasteiger partial charge < -0.3 is 10.4 Å². The van der Waals surface area contributed by atoms with Gasteiger partial charge in [-0.05, 0) is 25.0 Å². The predicted octanol–water partition coefficient (Wildman–Crippen LogP) is 1.98. The minimum Gasteiger partial charge on any atom is -0.396 e. The van der Waals surface area contributed by atoms with Crippen molar-refractivity contribution in [3.05, 3.63) is 30.1 Å². The number of hydrogen-bond donors (Lipinski definition) is 2. The normalized spacial score (nSPS) is 25.6. The summed E-state index contributed by atoms with van der Waals surface area (Å²) >= 11 is 1.57. The van der Waals surface area contributed by atoms with E-state index in [1.165, 1.54) is 0 Å². The third-order valence-electron chi connectivity index (χ3n) is 3.99. The summed E-state index contributed by atoms with van der Waals surface area (Å²) in [4.78, 5) is 16.2. The number of hydrogen-bond acceptors (Lipinski definition) is 4. The highest BCUT2D eigenvalue weighted by Gasteiger charge is 2.38. The van der Waals surface area contributed by atoms with Crippen LogP contribution in [0.2, 0.25) is 0 Å². The highest BCUT2D eigenvalue weighted by molar-refractivity contribution is 7.99. The number of nitrogens with one attached hydrogen (secondary N) is 1. The Morgan fingerprint density at radius 3 is 3.15 bits per heavy atom. The smallest absolute Gasteiger partial charge is 0.230 e. The van der Waals surface area contributed by atoms with Crippen LogP contribution < -0.4 is 5.32 Å². The van der Waals surface area contributed by atoms with Gasteiger partial charge in [0.05, 0.1) is 18.1 Å². The Balaban J connectivity index is 1.73. The summed E-state index contributed by atoms with van der Waals surface area (Å²) in [5.74, 6) is 1.24. The largest absolute Gasteiger partial charge is 0.396 e. The molecule has 2 rings (SSSR count). The van der Waals surface area contributed by atoms with Crippen LogP contribution in [0.4, 0.5) is 0 Å². The molecule has 0 aromatic carbocycles. The van der Waals surface area contributed by atoms with Gasteiger partial charge in [-0.25, -0.2) is 0 Å². The average Bonchev–Trinajstić information content (AvgIpc) is 2.82. The zero-order valence-corrected chi connectivity index (χ0v) is 12.7. The molecule has 1 aliphatic rings. The van der Waals surface area contributed by atoms with Crippen LogP contribution >= 0.6 is 11.8 Å². The van der Waals surface area contributed by atoms with Crippen molar-refractivity contribution in [1.29, 1.82) is 0 Å². The van der Waals surface area contributed by atoms with Gasteiger partial charge in [-0.1, -0.05) is 19.4 Å². The number of amides is 1. The van der Waals surface area contributed by atoms with Gasteiger partial charge in [0.25, 0.3) is 0 Å². The first-order valence-corrected chi connectivity index (χ1v) is 8.17. The Hall–Kier alpha value is -1.07. The summed E-state index contributed by atoms with van der Waals surface area (Å²) in [5.41, 5.74) is 0.841. The lowest BCUT2D eigenvalue weighted by molar-refractivity contribution is -0.120. The second-order valence-corrected chi connectivity index (χ2v) is 6.62. The Kier molecular flexibility index (Phi) is 5.43. The van der Waals surface area contributed by atoms with Crippen molar-refractivity contribution in [2.75, 3.05) is 12.4 Å². The van der Waals surface area contributed by atoms with E-state index in [9.17, 15) is 9.90 Å². The number of aliphatic hydroxyl groups excluding tert-OH is 1. The first kappa shape index (κ1) is 15.3. The highest BCUT2D eigenvalue weighted by Crippen LogP contribution is 2.37. The van der Waals surface area contributed by atoms with E-state index in [-0.39, 0.29) is 24.0 Å². The Morgan fingerprint density at radius 1 is 1.60 bits per heavy atom. The third-order valence-corrected chi connectivity index (χ3v) is 4.95. The minimum atomic E-state index is -0.151. The number of aromatic nitrogens is 1. The second kappa shape index (κ2) is 7.09. The fraction of sp³-hybridized carbons (Fsp3) is 0.600. The molecule has 1 saturated carbocycles. The molecule has 4 nitrogen and oxygen atoms in total. The Bertz CT molecular complexity index is 441. The maximum Gasteiger partial charge on any atom is 0.230 e. The standard InChI is InChI=1S/C15H22N2O2S/c1-15(11-18)7-4-6-13(15)17-14(19)10-20-9-12-5-2-3-8-16-12/h2-3,5,8,13,18H,4,6-7,9-11H2,1H3,(H,17,19). The molecule has 0 bridgehead atoms. The minimum absolute atomic E-state index is 0.0532. The second-order valence-electron chi connectivity index (χ2n) is 5.64. The van der Waals surface area contributed by atoms with Gasteiger partial charge in [-0.2, -0.15) is 0 Å². The van der Waals surface area contributed by atoms with Crippen LogP contribution in [0.15, 0.2) is 24.4 Å². The van der Waals surface area contributed by atoms with E-state index in [1.54, 1.807) is 18.0 Å². The third kappa shape index (κ3) is 3.96. The van der Waals surface area contributed by atoms with Crippen LogP contribution in [0.25, 0.3) is 0 Å². The van der Waals surface area contributed by atoms with Crippen LogP contribution in [0.5, 0.6) is 0 Å². The van der Waals surface area contributed by atoms with E-state index in [2.05, 4.69) is 10.3 Å². The molecule has 0 saturated heterocycles. The first-order valence-electron chi connectivity index (χ1n) is 7.02. The lowest BCUT2D eigenvalue weighted by Gasteiger charge is -2.30. The molecule has 2 N–H and O–H groups in total. The molecule has 1 fully saturated rings. The van der Waals surface area contributed by atoms with Gasteiger partial charge in [-0.15, -0.1) is 11.8 Å². The lowest BCUT2D eigenvalue weighted by atomic mass is 9.86. The van der Waals surface area contributed by atoms with Crippen LogP contribution in [0.1, 0.15) is 31.9 Å². The number of carbonyl (C=O) groups excluding carboxylic acids is 1. The molecule has 1 amide bonds. The van der Waals surface area contributed by atoms with Crippen molar-refractivity contribution in [2.45, 2.75) is 38.0 Å². The number of aliphatic hydroxyl groups is 1. The molecule has 0 aliphatic heterocycles. The maximum absolute atomic E-state index is 12.0. The molecule has 110 valence electrons. The van der Waals surface area contributed by atoms with Gasteiger partial charge in [0.15, 0.2) is 0 Å². The predicted molar refractivity (Wildman–Crippen MR) is 81.4 cm³/mol. The Morgan fingerprint density at radius 2 is 2.45 bits per heavy atom. The average molecular weight is 294 g/mol. The van der Waals surface area contributed by atoms with Gasteiger partial charge in [-0.3, -0.25) is 9.78 Å². The summed E-state index contributed by atoms with van der Waals surface area (Å²) < 4.78 is 0. The molecule has 20 heavy (non-hydrogen) atoms. The number of rotatable bonds is 6. The van der Waals surface area contributed by atoms with Crippen molar-refractivity contribution >= 4 is 17.7 Å². The zero-order chi connectivity index (χ0) is 14.4. The quantitative estimate of drug-likeness (QED) is 0.842. The van der Waals surface area contributed by atoms with Crippen molar-refractivity contribution in [3.63, 3.8) is 0 Å². The fourth-order valence-electron chi connectivity index (χ4n) is 2.64. The summed E-state index contributed by atoms with van der Waals surface area (Å²) in [5, 5.41) is 12.5. The highest BCUT2D eigenvalue weighted by atomic mass is 32.2. The van der Waals surface area contributed by atoms with Crippen molar-refractivity contribution < 1.29 is 9.90 Å². The number of nitrogens with zero attached hydrogens (tertiary/aromatic N) is 1. The topological polar surface area (TPSA) is 62.2 Å². The number of carbonyl (C=O) groups is 1. The van der Waals surface area contributed by atoms with E-state index in [4.69, 9.17) is 0 Å². The molecule has 1 heterocycles. The summed E-state index contributed by atoms with van der Waals surface area (Å²) in [6, 6.07) is 5.91. The van der Waals surface area contributed by atoms with Crippen molar-refractivity contribution in [2.24, 2.45) is 5.41 Å². The molecule has 5 heteroatoms. The maximum atomic E-state index is 12.0. The van der Waals surface area contributed by atoms with Crippen molar-refractivity contribution in [1.82, 2.24) is 10.3 Å². The van der Waals surface area contributed by atoms with Crippen molar-refractivity contribution in [3.8, 4) is 0 Å².